The fourth-order valence-corrected chi connectivity index (χ4v) is 1.56. The average Bonchev–Trinajstić information content (AvgIpc) is 2.24. The first-order chi connectivity index (χ1) is 7.11. The molecular formula is C11H16F2N2. The van der Waals surface area contributed by atoms with Crippen molar-refractivity contribution in [2.24, 2.45) is 11.8 Å². The molecule has 0 aromatic heterocycles. The van der Waals surface area contributed by atoms with E-state index in [0.29, 0.717) is 0 Å². The molecule has 0 bridgehead atoms. The zero-order valence-electron chi connectivity index (χ0n) is 8.93. The highest BCUT2D eigenvalue weighted by Gasteiger charge is 2.21. The number of rotatable bonds is 4. The lowest BCUT2D eigenvalue weighted by Crippen LogP contribution is -2.33. The number of hydrogen-bond donors (Lipinski definition) is 2. The van der Waals surface area contributed by atoms with E-state index in [0.717, 1.165) is 12.5 Å². The van der Waals surface area contributed by atoms with Crippen LogP contribution in [0.4, 0.5) is 8.78 Å². The topological polar surface area (TPSA) is 38.0 Å². The third kappa shape index (κ3) is 2.52. The number of benzene rings is 1. The van der Waals surface area contributed by atoms with E-state index in [1.54, 1.807) is 6.07 Å². The molecule has 84 valence electrons. The number of nitrogens with one attached hydrogen (secondary N) is 1. The molecular weight excluding hydrogens is 198 g/mol. The summed E-state index contributed by atoms with van der Waals surface area (Å²) in [6.07, 6.45) is 0.838. The third-order valence-electron chi connectivity index (χ3n) is 2.71. The first-order valence-electron chi connectivity index (χ1n) is 5.01. The summed E-state index contributed by atoms with van der Waals surface area (Å²) in [6, 6.07) is 3.78. The number of halogens is 2. The second-order valence-electron chi connectivity index (χ2n) is 3.67. The summed E-state index contributed by atoms with van der Waals surface area (Å²) in [6.45, 7) is 3.92. The third-order valence-corrected chi connectivity index (χ3v) is 2.71. The summed E-state index contributed by atoms with van der Waals surface area (Å²) in [4.78, 5) is 0. The fourth-order valence-electron chi connectivity index (χ4n) is 1.56. The van der Waals surface area contributed by atoms with Crippen molar-refractivity contribution >= 4 is 0 Å². The molecule has 1 rings (SSSR count). The van der Waals surface area contributed by atoms with Gasteiger partial charge in [0.1, 0.15) is 0 Å². The summed E-state index contributed by atoms with van der Waals surface area (Å²) in [5.74, 6) is 3.85. The monoisotopic (exact) mass is 214 g/mol. The minimum absolute atomic E-state index is 0.145. The maximum Gasteiger partial charge on any atom is 0.163 e. The Balaban J connectivity index is 3.07. The summed E-state index contributed by atoms with van der Waals surface area (Å²) < 4.78 is 26.5. The van der Waals surface area contributed by atoms with Crippen LogP contribution in [0.1, 0.15) is 31.9 Å². The predicted molar refractivity (Wildman–Crippen MR) is 55.9 cm³/mol. The van der Waals surface area contributed by atoms with E-state index in [1.165, 1.54) is 6.07 Å². The minimum atomic E-state index is -0.837. The largest absolute Gasteiger partial charge is 0.271 e. The van der Waals surface area contributed by atoms with Crippen LogP contribution in [-0.2, 0) is 0 Å². The van der Waals surface area contributed by atoms with Crippen molar-refractivity contribution in [3.05, 3.63) is 35.4 Å². The Hall–Kier alpha value is -1.00. The van der Waals surface area contributed by atoms with Gasteiger partial charge in [-0.05, 0) is 12.0 Å². The summed E-state index contributed by atoms with van der Waals surface area (Å²) in [5.41, 5.74) is 2.81. The minimum Gasteiger partial charge on any atom is -0.271 e. The second-order valence-corrected chi connectivity index (χ2v) is 3.67. The van der Waals surface area contributed by atoms with Crippen LogP contribution < -0.4 is 11.3 Å². The molecule has 0 aliphatic heterocycles. The lowest BCUT2D eigenvalue weighted by atomic mass is 9.92. The molecule has 1 aromatic carbocycles. The van der Waals surface area contributed by atoms with E-state index < -0.39 is 11.6 Å². The van der Waals surface area contributed by atoms with Crippen LogP contribution in [0.3, 0.4) is 0 Å². The van der Waals surface area contributed by atoms with Gasteiger partial charge in [0.2, 0.25) is 0 Å². The fraction of sp³-hybridized carbons (Fsp3) is 0.455. The Kier molecular flexibility index (Phi) is 4.17. The first kappa shape index (κ1) is 12.1. The molecule has 0 spiro atoms. The van der Waals surface area contributed by atoms with Gasteiger partial charge in [-0.1, -0.05) is 32.4 Å². The highest BCUT2D eigenvalue weighted by atomic mass is 19.2. The van der Waals surface area contributed by atoms with Gasteiger partial charge in [-0.2, -0.15) is 0 Å². The van der Waals surface area contributed by atoms with Gasteiger partial charge in [0.05, 0.1) is 6.04 Å². The van der Waals surface area contributed by atoms with Gasteiger partial charge in [-0.15, -0.1) is 0 Å². The molecule has 15 heavy (non-hydrogen) atoms. The molecule has 3 N–H and O–H groups in total. The van der Waals surface area contributed by atoms with Crippen LogP contribution in [0.2, 0.25) is 0 Å². The Labute approximate surface area is 88.4 Å². The summed E-state index contributed by atoms with van der Waals surface area (Å²) in [5, 5.41) is 0. The number of hydrogen-bond acceptors (Lipinski definition) is 2. The molecule has 0 radical (unpaired) electrons. The van der Waals surface area contributed by atoms with Crippen LogP contribution in [-0.4, -0.2) is 0 Å². The molecule has 4 heteroatoms. The van der Waals surface area contributed by atoms with E-state index in [4.69, 9.17) is 5.84 Å². The van der Waals surface area contributed by atoms with E-state index >= 15 is 0 Å². The van der Waals surface area contributed by atoms with E-state index in [9.17, 15) is 8.78 Å². The second kappa shape index (κ2) is 5.19. The molecule has 1 aromatic rings. The molecule has 0 aliphatic rings. The van der Waals surface area contributed by atoms with Crippen LogP contribution >= 0.6 is 0 Å². The van der Waals surface area contributed by atoms with Crippen LogP contribution in [0.5, 0.6) is 0 Å². The standard InChI is InChI=1S/C11H16F2N2/c1-3-7(2)11(15-14)8-5-4-6-9(12)10(8)13/h4-7,11,15H,3,14H2,1-2H3. The van der Waals surface area contributed by atoms with Crippen molar-refractivity contribution in [3.63, 3.8) is 0 Å². The van der Waals surface area contributed by atoms with Gasteiger partial charge < -0.3 is 0 Å². The predicted octanol–water partition coefficient (Wildman–Crippen LogP) is 2.52. The maximum atomic E-state index is 13.5. The quantitative estimate of drug-likeness (QED) is 0.597. The number of hydrazine groups is 1. The van der Waals surface area contributed by atoms with Gasteiger partial charge >= 0.3 is 0 Å². The molecule has 0 amide bonds. The molecule has 2 atom stereocenters. The van der Waals surface area contributed by atoms with E-state index in [2.05, 4.69) is 5.43 Å². The lowest BCUT2D eigenvalue weighted by Gasteiger charge is -2.22. The SMILES string of the molecule is CCC(C)C(NN)c1cccc(F)c1F. The highest BCUT2D eigenvalue weighted by Crippen LogP contribution is 2.26. The molecule has 2 nitrogen and oxygen atoms in total. The van der Waals surface area contributed by atoms with Gasteiger partial charge in [0, 0.05) is 5.56 Å². The van der Waals surface area contributed by atoms with Crippen LogP contribution in [0.25, 0.3) is 0 Å². The molecule has 0 heterocycles. The number of nitrogens with two attached hydrogens (primary N) is 1. The molecule has 0 aliphatic carbocycles. The van der Waals surface area contributed by atoms with Crippen molar-refractivity contribution < 1.29 is 8.78 Å². The van der Waals surface area contributed by atoms with Gasteiger partial charge in [0.25, 0.3) is 0 Å². The smallest absolute Gasteiger partial charge is 0.163 e. The Morgan fingerprint density at radius 1 is 1.40 bits per heavy atom. The zero-order chi connectivity index (χ0) is 11.4. The lowest BCUT2D eigenvalue weighted by molar-refractivity contribution is 0.364. The van der Waals surface area contributed by atoms with Crippen LogP contribution in [0, 0.1) is 17.6 Å². The summed E-state index contributed by atoms with van der Waals surface area (Å²) in [7, 11) is 0. The highest BCUT2D eigenvalue weighted by molar-refractivity contribution is 5.22. The normalized spacial score (nSPS) is 15.0. The molecule has 0 fully saturated rings. The molecule has 0 saturated heterocycles. The van der Waals surface area contributed by atoms with Crippen molar-refractivity contribution in [1.82, 2.24) is 5.43 Å². The zero-order valence-corrected chi connectivity index (χ0v) is 8.93. The molecule has 0 saturated carbocycles. The van der Waals surface area contributed by atoms with Crippen LogP contribution in [0.15, 0.2) is 18.2 Å². The van der Waals surface area contributed by atoms with Gasteiger partial charge in [-0.25, -0.2) is 8.78 Å². The Morgan fingerprint density at radius 3 is 2.60 bits per heavy atom. The Morgan fingerprint density at radius 2 is 2.07 bits per heavy atom. The molecule has 2 unspecified atom stereocenters. The Bertz CT molecular complexity index is 328. The van der Waals surface area contributed by atoms with E-state index in [-0.39, 0.29) is 17.5 Å². The van der Waals surface area contributed by atoms with Crippen molar-refractivity contribution in [2.75, 3.05) is 0 Å². The van der Waals surface area contributed by atoms with Crippen molar-refractivity contribution in [1.29, 1.82) is 0 Å². The summed E-state index contributed by atoms with van der Waals surface area (Å²) >= 11 is 0. The van der Waals surface area contributed by atoms with Gasteiger partial charge in [-0.3, -0.25) is 11.3 Å². The average molecular weight is 214 g/mol. The maximum absolute atomic E-state index is 13.5. The first-order valence-corrected chi connectivity index (χ1v) is 5.01. The van der Waals surface area contributed by atoms with Crippen molar-refractivity contribution in [3.8, 4) is 0 Å². The van der Waals surface area contributed by atoms with E-state index in [1.807, 2.05) is 13.8 Å². The van der Waals surface area contributed by atoms with Crippen molar-refractivity contribution in [2.45, 2.75) is 26.3 Å². The van der Waals surface area contributed by atoms with Gasteiger partial charge in [0.15, 0.2) is 11.6 Å².